The summed E-state index contributed by atoms with van der Waals surface area (Å²) in [6, 6.07) is 6.93. The Morgan fingerprint density at radius 1 is 1.43 bits per heavy atom. The van der Waals surface area contributed by atoms with Crippen LogP contribution in [0.4, 0.5) is 0 Å². The fourth-order valence-corrected chi connectivity index (χ4v) is 2.94. The van der Waals surface area contributed by atoms with Crippen LogP contribution >= 0.6 is 0 Å². The number of fused-ring (bicyclic) bond motifs is 1. The summed E-state index contributed by atoms with van der Waals surface area (Å²) in [5.41, 5.74) is 2.83. The van der Waals surface area contributed by atoms with Gasteiger partial charge in [-0.05, 0) is 49.1 Å². The summed E-state index contributed by atoms with van der Waals surface area (Å²) in [6.45, 7) is 3.62. The predicted octanol–water partition coefficient (Wildman–Crippen LogP) is 2.38. The first kappa shape index (κ1) is 14.1. The SMILES string of the molecule is CCNC1CCCc2cc(OCc3ncnn3C)ccc21. The Hall–Kier alpha value is -1.88. The van der Waals surface area contributed by atoms with E-state index in [1.807, 2.05) is 7.05 Å². The average Bonchev–Trinajstić information content (AvgIpc) is 2.91. The van der Waals surface area contributed by atoms with Gasteiger partial charge in [0.2, 0.25) is 0 Å². The van der Waals surface area contributed by atoms with Crippen LogP contribution in [-0.4, -0.2) is 21.3 Å². The highest BCUT2D eigenvalue weighted by Gasteiger charge is 2.19. The van der Waals surface area contributed by atoms with Crippen molar-refractivity contribution in [3.05, 3.63) is 41.5 Å². The second-order valence-corrected chi connectivity index (χ2v) is 5.45. The maximum atomic E-state index is 5.85. The highest BCUT2D eigenvalue weighted by atomic mass is 16.5. The van der Waals surface area contributed by atoms with E-state index >= 15 is 0 Å². The Morgan fingerprint density at radius 3 is 3.10 bits per heavy atom. The molecule has 1 aliphatic rings. The van der Waals surface area contributed by atoms with Crippen LogP contribution in [0.3, 0.4) is 0 Å². The van der Waals surface area contributed by atoms with E-state index in [1.165, 1.54) is 24.0 Å². The van der Waals surface area contributed by atoms with Gasteiger partial charge in [-0.1, -0.05) is 13.0 Å². The second-order valence-electron chi connectivity index (χ2n) is 5.45. The van der Waals surface area contributed by atoms with E-state index in [0.717, 1.165) is 24.5 Å². The van der Waals surface area contributed by atoms with Crippen LogP contribution in [0.5, 0.6) is 5.75 Å². The quantitative estimate of drug-likeness (QED) is 0.917. The van der Waals surface area contributed by atoms with Crippen LogP contribution in [0.25, 0.3) is 0 Å². The van der Waals surface area contributed by atoms with E-state index in [9.17, 15) is 0 Å². The number of aryl methyl sites for hydroxylation is 2. The zero-order valence-corrected chi connectivity index (χ0v) is 12.7. The van der Waals surface area contributed by atoms with Gasteiger partial charge in [-0.2, -0.15) is 5.10 Å². The summed E-state index contributed by atoms with van der Waals surface area (Å²) in [5, 5.41) is 7.61. The van der Waals surface area contributed by atoms with Crippen LogP contribution in [0.2, 0.25) is 0 Å². The van der Waals surface area contributed by atoms with Gasteiger partial charge in [0.05, 0.1) is 0 Å². The fourth-order valence-electron chi connectivity index (χ4n) is 2.94. The summed E-state index contributed by atoms with van der Waals surface area (Å²) < 4.78 is 7.58. The molecule has 0 saturated heterocycles. The molecule has 5 nitrogen and oxygen atoms in total. The lowest BCUT2D eigenvalue weighted by Crippen LogP contribution is -2.24. The van der Waals surface area contributed by atoms with Crippen molar-refractivity contribution < 1.29 is 4.74 Å². The summed E-state index contributed by atoms with van der Waals surface area (Å²) in [7, 11) is 1.87. The molecular weight excluding hydrogens is 264 g/mol. The number of benzene rings is 1. The molecule has 5 heteroatoms. The molecule has 0 spiro atoms. The molecule has 0 radical (unpaired) electrons. The summed E-state index contributed by atoms with van der Waals surface area (Å²) in [5.74, 6) is 1.74. The van der Waals surface area contributed by atoms with Gasteiger partial charge >= 0.3 is 0 Å². The number of nitrogens with zero attached hydrogens (tertiary/aromatic N) is 3. The Labute approximate surface area is 125 Å². The lowest BCUT2D eigenvalue weighted by Gasteiger charge is -2.26. The molecule has 1 unspecified atom stereocenters. The molecule has 0 saturated carbocycles. The summed E-state index contributed by atoms with van der Waals surface area (Å²) >= 11 is 0. The standard InChI is InChI=1S/C16H22N4O/c1-3-17-15-6-4-5-12-9-13(7-8-14(12)15)21-10-16-18-11-19-20(16)2/h7-9,11,15,17H,3-6,10H2,1-2H3. The maximum Gasteiger partial charge on any atom is 0.164 e. The topological polar surface area (TPSA) is 52.0 Å². The van der Waals surface area contributed by atoms with E-state index in [2.05, 4.69) is 40.5 Å². The third-order valence-corrected chi connectivity index (χ3v) is 4.05. The molecule has 1 aromatic heterocycles. The minimum absolute atomic E-state index is 0.450. The highest BCUT2D eigenvalue weighted by Crippen LogP contribution is 2.32. The van der Waals surface area contributed by atoms with E-state index in [0.29, 0.717) is 12.6 Å². The van der Waals surface area contributed by atoms with Gasteiger partial charge in [0.15, 0.2) is 5.82 Å². The largest absolute Gasteiger partial charge is 0.486 e. The first-order valence-corrected chi connectivity index (χ1v) is 7.60. The highest BCUT2D eigenvalue weighted by molar-refractivity contribution is 5.39. The molecule has 1 N–H and O–H groups in total. The van der Waals surface area contributed by atoms with E-state index < -0.39 is 0 Å². The molecule has 1 aromatic carbocycles. The molecule has 21 heavy (non-hydrogen) atoms. The van der Waals surface area contributed by atoms with Gasteiger partial charge in [0.1, 0.15) is 18.7 Å². The van der Waals surface area contributed by atoms with Gasteiger partial charge in [0.25, 0.3) is 0 Å². The van der Waals surface area contributed by atoms with Crippen molar-refractivity contribution in [3.63, 3.8) is 0 Å². The number of hydrogen-bond donors (Lipinski definition) is 1. The van der Waals surface area contributed by atoms with Gasteiger partial charge in [-0.3, -0.25) is 4.68 Å². The Kier molecular flexibility index (Phi) is 4.20. The minimum atomic E-state index is 0.450. The molecule has 0 bridgehead atoms. The molecule has 1 aliphatic carbocycles. The van der Waals surface area contributed by atoms with Crippen LogP contribution in [0, 0.1) is 0 Å². The van der Waals surface area contributed by atoms with Crippen LogP contribution < -0.4 is 10.1 Å². The molecular formula is C16H22N4O. The van der Waals surface area contributed by atoms with E-state index in [4.69, 9.17) is 4.74 Å². The molecule has 0 aliphatic heterocycles. The van der Waals surface area contributed by atoms with Gasteiger partial charge in [-0.25, -0.2) is 4.98 Å². The van der Waals surface area contributed by atoms with Crippen molar-refractivity contribution in [3.8, 4) is 5.75 Å². The van der Waals surface area contributed by atoms with Gasteiger partial charge < -0.3 is 10.1 Å². The van der Waals surface area contributed by atoms with Crippen LogP contribution in [-0.2, 0) is 20.1 Å². The van der Waals surface area contributed by atoms with Crippen molar-refractivity contribution in [1.29, 1.82) is 0 Å². The normalized spacial score (nSPS) is 17.5. The molecule has 1 heterocycles. The molecule has 1 atom stereocenters. The maximum absolute atomic E-state index is 5.85. The number of nitrogens with one attached hydrogen (secondary N) is 1. The number of rotatable bonds is 5. The third-order valence-electron chi connectivity index (χ3n) is 4.05. The molecule has 3 rings (SSSR count). The number of hydrogen-bond acceptors (Lipinski definition) is 4. The van der Waals surface area contributed by atoms with Crippen molar-refractivity contribution in [2.45, 2.75) is 38.8 Å². The minimum Gasteiger partial charge on any atom is -0.486 e. The Morgan fingerprint density at radius 2 is 2.33 bits per heavy atom. The first-order valence-electron chi connectivity index (χ1n) is 7.60. The van der Waals surface area contributed by atoms with Crippen molar-refractivity contribution in [1.82, 2.24) is 20.1 Å². The molecule has 0 fully saturated rings. The Balaban J connectivity index is 1.72. The summed E-state index contributed by atoms with van der Waals surface area (Å²) in [6.07, 6.45) is 5.14. The smallest absolute Gasteiger partial charge is 0.164 e. The van der Waals surface area contributed by atoms with Crippen molar-refractivity contribution in [2.24, 2.45) is 7.05 Å². The van der Waals surface area contributed by atoms with Gasteiger partial charge in [-0.15, -0.1) is 0 Å². The molecule has 2 aromatic rings. The second kappa shape index (κ2) is 6.26. The zero-order chi connectivity index (χ0) is 14.7. The number of ether oxygens (including phenoxy) is 1. The number of aromatic nitrogens is 3. The molecule has 0 amide bonds. The van der Waals surface area contributed by atoms with Gasteiger partial charge in [0, 0.05) is 13.1 Å². The van der Waals surface area contributed by atoms with Crippen LogP contribution in [0.15, 0.2) is 24.5 Å². The zero-order valence-electron chi connectivity index (χ0n) is 12.7. The fraction of sp³-hybridized carbons (Fsp3) is 0.500. The van der Waals surface area contributed by atoms with Crippen LogP contribution in [0.1, 0.15) is 42.8 Å². The lowest BCUT2D eigenvalue weighted by molar-refractivity contribution is 0.289. The first-order chi connectivity index (χ1) is 10.3. The van der Waals surface area contributed by atoms with Crippen molar-refractivity contribution in [2.75, 3.05) is 6.54 Å². The van der Waals surface area contributed by atoms with E-state index in [-0.39, 0.29) is 0 Å². The summed E-state index contributed by atoms with van der Waals surface area (Å²) in [4.78, 5) is 4.17. The predicted molar refractivity (Wildman–Crippen MR) is 81.1 cm³/mol. The molecule has 112 valence electrons. The Bertz CT molecular complexity index is 608. The average molecular weight is 286 g/mol. The third kappa shape index (κ3) is 3.08. The van der Waals surface area contributed by atoms with Crippen molar-refractivity contribution >= 4 is 0 Å². The van der Waals surface area contributed by atoms with E-state index in [1.54, 1.807) is 11.0 Å². The lowest BCUT2D eigenvalue weighted by atomic mass is 9.87. The monoisotopic (exact) mass is 286 g/mol.